The average Bonchev–Trinajstić information content (AvgIpc) is 3.20. The molecule has 4 rings (SSSR count). The molecule has 1 unspecified atom stereocenters. The van der Waals surface area contributed by atoms with Gasteiger partial charge in [-0.15, -0.1) is 11.3 Å². The quantitative estimate of drug-likeness (QED) is 0.627. The first-order valence-electron chi connectivity index (χ1n) is 9.90. The molecule has 3 aromatic rings. The molecular weight excluding hydrogens is 398 g/mol. The molecule has 2 amide bonds. The Morgan fingerprint density at radius 3 is 2.63 bits per heavy atom. The number of carbonyl (C=O) groups is 2. The predicted molar refractivity (Wildman–Crippen MR) is 117 cm³/mol. The molecule has 30 heavy (non-hydrogen) atoms. The summed E-state index contributed by atoms with van der Waals surface area (Å²) in [7, 11) is 1.63. The smallest absolute Gasteiger partial charge is 0.257 e. The Morgan fingerprint density at radius 2 is 1.90 bits per heavy atom. The van der Waals surface area contributed by atoms with Gasteiger partial charge < -0.3 is 10.1 Å². The van der Waals surface area contributed by atoms with E-state index >= 15 is 0 Å². The van der Waals surface area contributed by atoms with E-state index in [1.165, 1.54) is 11.3 Å². The highest BCUT2D eigenvalue weighted by Crippen LogP contribution is 2.37. The summed E-state index contributed by atoms with van der Waals surface area (Å²) in [4.78, 5) is 31.0. The molecule has 0 saturated carbocycles. The summed E-state index contributed by atoms with van der Waals surface area (Å²) in [5.41, 5.74) is 2.38. The monoisotopic (exact) mass is 421 g/mol. The zero-order valence-corrected chi connectivity index (χ0v) is 17.5. The van der Waals surface area contributed by atoms with E-state index in [9.17, 15) is 9.59 Å². The topological polar surface area (TPSA) is 80.3 Å². The van der Waals surface area contributed by atoms with Crippen molar-refractivity contribution in [3.05, 3.63) is 76.3 Å². The summed E-state index contributed by atoms with van der Waals surface area (Å²) in [6.07, 6.45) is 2.58. The molecule has 0 aliphatic heterocycles. The van der Waals surface area contributed by atoms with E-state index in [2.05, 4.69) is 15.6 Å². The van der Waals surface area contributed by atoms with Gasteiger partial charge in [0, 0.05) is 17.0 Å². The van der Waals surface area contributed by atoms with Gasteiger partial charge in [0.2, 0.25) is 5.91 Å². The second-order valence-electron chi connectivity index (χ2n) is 7.16. The number of methoxy groups -OCH3 is 1. The van der Waals surface area contributed by atoms with Crippen molar-refractivity contribution in [2.24, 2.45) is 0 Å². The lowest BCUT2D eigenvalue weighted by Crippen LogP contribution is -2.31. The molecule has 0 saturated heterocycles. The molecule has 2 N–H and O–H groups in total. The average molecular weight is 422 g/mol. The van der Waals surface area contributed by atoms with Crippen LogP contribution < -0.4 is 15.4 Å². The summed E-state index contributed by atoms with van der Waals surface area (Å²) in [6.45, 7) is 0.455. The van der Waals surface area contributed by atoms with Crippen molar-refractivity contribution in [1.29, 1.82) is 0 Å². The van der Waals surface area contributed by atoms with Crippen LogP contribution in [0, 0.1) is 0 Å². The maximum Gasteiger partial charge on any atom is 0.257 e. The van der Waals surface area contributed by atoms with E-state index in [0.29, 0.717) is 17.2 Å². The van der Waals surface area contributed by atoms with E-state index in [1.54, 1.807) is 19.2 Å². The first kappa shape index (κ1) is 20.1. The predicted octanol–water partition coefficient (Wildman–Crippen LogP) is 4.14. The normalized spacial score (nSPS) is 15.2. The second-order valence-corrected chi connectivity index (χ2v) is 8.24. The number of hydrogen-bond acceptors (Lipinski definition) is 5. The van der Waals surface area contributed by atoms with E-state index < -0.39 is 0 Å². The number of benzene rings is 2. The molecule has 1 heterocycles. The van der Waals surface area contributed by atoms with Crippen LogP contribution in [0.2, 0.25) is 0 Å². The van der Waals surface area contributed by atoms with Gasteiger partial charge in [-0.3, -0.25) is 14.9 Å². The number of rotatable bonds is 6. The standard InChI is InChI=1S/C23H23N3O3S/c1-29-17-12-10-15(11-13-17)14-24-22(28)18-8-5-9-19-20(18)25-23(30-19)26-21(27)16-6-3-2-4-7-16/h2-4,6-7,10-13,18H,5,8-9,14H2,1H3,(H,24,28)(H,25,26,27). The number of hydrogen-bond donors (Lipinski definition) is 2. The van der Waals surface area contributed by atoms with Gasteiger partial charge in [0.1, 0.15) is 5.75 Å². The van der Waals surface area contributed by atoms with E-state index in [0.717, 1.165) is 41.1 Å². The summed E-state index contributed by atoms with van der Waals surface area (Å²) in [5.74, 6) is 0.278. The van der Waals surface area contributed by atoms with Gasteiger partial charge in [-0.25, -0.2) is 4.98 Å². The molecule has 0 radical (unpaired) electrons. The van der Waals surface area contributed by atoms with Crippen molar-refractivity contribution in [1.82, 2.24) is 10.3 Å². The van der Waals surface area contributed by atoms with Gasteiger partial charge in [0.15, 0.2) is 5.13 Å². The summed E-state index contributed by atoms with van der Waals surface area (Å²) in [6, 6.07) is 16.7. The van der Waals surface area contributed by atoms with E-state index in [-0.39, 0.29) is 17.7 Å². The molecule has 1 aliphatic carbocycles. The number of amides is 2. The van der Waals surface area contributed by atoms with Crippen molar-refractivity contribution < 1.29 is 14.3 Å². The zero-order chi connectivity index (χ0) is 20.9. The molecule has 0 bridgehead atoms. The lowest BCUT2D eigenvalue weighted by molar-refractivity contribution is -0.123. The Kier molecular flexibility index (Phi) is 6.09. The zero-order valence-electron chi connectivity index (χ0n) is 16.7. The molecule has 154 valence electrons. The molecule has 2 aromatic carbocycles. The molecule has 1 aromatic heterocycles. The third kappa shape index (κ3) is 4.52. The second kappa shape index (κ2) is 9.09. The first-order valence-corrected chi connectivity index (χ1v) is 10.7. The van der Waals surface area contributed by atoms with Crippen LogP contribution in [-0.4, -0.2) is 23.9 Å². The fourth-order valence-electron chi connectivity index (χ4n) is 3.54. The van der Waals surface area contributed by atoms with Crippen LogP contribution in [0.5, 0.6) is 5.75 Å². The van der Waals surface area contributed by atoms with Crippen LogP contribution >= 0.6 is 11.3 Å². The number of aromatic nitrogens is 1. The maximum absolute atomic E-state index is 12.9. The Hall–Kier alpha value is -3.19. The minimum Gasteiger partial charge on any atom is -0.497 e. The highest BCUT2D eigenvalue weighted by Gasteiger charge is 2.30. The van der Waals surface area contributed by atoms with Crippen LogP contribution in [0.4, 0.5) is 5.13 Å². The van der Waals surface area contributed by atoms with Crippen LogP contribution in [0.3, 0.4) is 0 Å². The summed E-state index contributed by atoms with van der Waals surface area (Å²) in [5, 5.41) is 6.43. The molecule has 0 fully saturated rings. The van der Waals surface area contributed by atoms with Gasteiger partial charge in [-0.1, -0.05) is 30.3 Å². The summed E-state index contributed by atoms with van der Waals surface area (Å²) >= 11 is 1.46. The number of ether oxygens (including phenoxy) is 1. The summed E-state index contributed by atoms with van der Waals surface area (Å²) < 4.78 is 5.16. The number of aryl methyl sites for hydroxylation is 1. The van der Waals surface area contributed by atoms with Crippen molar-refractivity contribution in [2.75, 3.05) is 12.4 Å². The minimum atomic E-state index is -0.286. The molecule has 0 spiro atoms. The fraction of sp³-hybridized carbons (Fsp3) is 0.261. The number of nitrogens with one attached hydrogen (secondary N) is 2. The van der Waals surface area contributed by atoms with Crippen LogP contribution in [-0.2, 0) is 17.8 Å². The minimum absolute atomic E-state index is 0.0296. The third-order valence-electron chi connectivity index (χ3n) is 5.15. The van der Waals surface area contributed by atoms with E-state index in [1.807, 2.05) is 42.5 Å². The molecule has 1 aliphatic rings. The molecule has 1 atom stereocenters. The van der Waals surface area contributed by atoms with Crippen molar-refractivity contribution >= 4 is 28.3 Å². The van der Waals surface area contributed by atoms with Crippen LogP contribution in [0.15, 0.2) is 54.6 Å². The molecule has 6 nitrogen and oxygen atoms in total. The van der Waals surface area contributed by atoms with Crippen molar-refractivity contribution in [3.63, 3.8) is 0 Å². The Labute approximate surface area is 179 Å². The maximum atomic E-state index is 12.9. The van der Waals surface area contributed by atoms with Gasteiger partial charge in [-0.2, -0.15) is 0 Å². The lowest BCUT2D eigenvalue weighted by atomic mass is 9.90. The third-order valence-corrected chi connectivity index (χ3v) is 6.20. The van der Waals surface area contributed by atoms with Gasteiger partial charge in [0.25, 0.3) is 5.91 Å². The van der Waals surface area contributed by atoms with Crippen LogP contribution in [0.1, 0.15) is 45.3 Å². The van der Waals surface area contributed by atoms with Crippen molar-refractivity contribution in [3.8, 4) is 5.75 Å². The van der Waals surface area contributed by atoms with Gasteiger partial charge >= 0.3 is 0 Å². The Bertz CT molecular complexity index is 1030. The lowest BCUT2D eigenvalue weighted by Gasteiger charge is -2.20. The highest BCUT2D eigenvalue weighted by atomic mass is 32.1. The number of thiazole rings is 1. The SMILES string of the molecule is COc1ccc(CNC(=O)C2CCCc3sc(NC(=O)c4ccccc4)nc32)cc1. The van der Waals surface area contributed by atoms with Gasteiger partial charge in [0.05, 0.1) is 18.7 Å². The largest absolute Gasteiger partial charge is 0.497 e. The number of carbonyl (C=O) groups excluding carboxylic acids is 2. The fourth-order valence-corrected chi connectivity index (χ4v) is 4.60. The highest BCUT2D eigenvalue weighted by molar-refractivity contribution is 7.16. The van der Waals surface area contributed by atoms with E-state index in [4.69, 9.17) is 4.74 Å². The van der Waals surface area contributed by atoms with Crippen molar-refractivity contribution in [2.45, 2.75) is 31.7 Å². The number of anilines is 1. The van der Waals surface area contributed by atoms with Gasteiger partial charge in [-0.05, 0) is 49.1 Å². The molecule has 7 heteroatoms. The molecular formula is C23H23N3O3S. The van der Waals surface area contributed by atoms with Crippen LogP contribution in [0.25, 0.3) is 0 Å². The Balaban J connectivity index is 1.42. The first-order chi connectivity index (χ1) is 14.6. The number of nitrogens with zero attached hydrogens (tertiary/aromatic N) is 1. The Morgan fingerprint density at radius 1 is 1.13 bits per heavy atom. The number of fused-ring (bicyclic) bond motifs is 1.